The molecule has 0 saturated heterocycles. The molecule has 14 heavy (non-hydrogen) atoms. The predicted octanol–water partition coefficient (Wildman–Crippen LogP) is 1.24. The fraction of sp³-hybridized carbons (Fsp3) is 0.556. The predicted molar refractivity (Wildman–Crippen MR) is 52.1 cm³/mol. The van der Waals surface area contributed by atoms with E-state index < -0.39 is 0 Å². The van der Waals surface area contributed by atoms with Crippen LogP contribution in [0.5, 0.6) is 0 Å². The largest absolute Gasteiger partial charge is 0.465 e. The van der Waals surface area contributed by atoms with E-state index in [1.807, 2.05) is 13.8 Å². The van der Waals surface area contributed by atoms with Crippen molar-refractivity contribution in [3.63, 3.8) is 0 Å². The first-order valence-electron chi connectivity index (χ1n) is 4.41. The highest BCUT2D eigenvalue weighted by atomic mass is 16.5. The summed E-state index contributed by atoms with van der Waals surface area (Å²) >= 11 is 0. The number of esters is 1. The van der Waals surface area contributed by atoms with Crippen molar-refractivity contribution in [2.24, 2.45) is 0 Å². The van der Waals surface area contributed by atoms with Crippen LogP contribution in [0.3, 0.4) is 0 Å². The molecule has 0 aliphatic heterocycles. The second kappa shape index (κ2) is 8.25. The molecule has 0 aliphatic rings. The van der Waals surface area contributed by atoms with Crippen LogP contribution in [0.1, 0.15) is 24.2 Å². The van der Waals surface area contributed by atoms with E-state index >= 15 is 0 Å². The fourth-order valence-electron chi connectivity index (χ4n) is 0.684. The Morgan fingerprint density at radius 2 is 2.14 bits per heavy atom. The zero-order valence-corrected chi connectivity index (χ0v) is 8.74. The number of H-pyrrole nitrogens is 1. The highest BCUT2D eigenvalue weighted by Gasteiger charge is 2.03. The lowest BCUT2D eigenvalue weighted by Crippen LogP contribution is -1.98. The number of rotatable bonds is 3. The van der Waals surface area contributed by atoms with Gasteiger partial charge >= 0.3 is 5.97 Å². The molecule has 1 N–H and O–H groups in total. The molecule has 80 valence electrons. The zero-order chi connectivity index (χ0) is 10.8. The van der Waals surface area contributed by atoms with Gasteiger partial charge in [0.1, 0.15) is 0 Å². The highest BCUT2D eigenvalue weighted by Crippen LogP contribution is 1.94. The molecule has 0 bridgehead atoms. The molecular formula is C9H16N2O3. The van der Waals surface area contributed by atoms with E-state index in [9.17, 15) is 4.79 Å². The van der Waals surface area contributed by atoms with Crippen LogP contribution in [0.25, 0.3) is 0 Å². The van der Waals surface area contributed by atoms with Gasteiger partial charge in [0.25, 0.3) is 0 Å². The molecule has 0 fully saturated rings. The summed E-state index contributed by atoms with van der Waals surface area (Å²) in [4.78, 5) is 10.6. The maximum absolute atomic E-state index is 10.6. The monoisotopic (exact) mass is 200 g/mol. The standard InChI is InChI=1S/C5H6N2O2.C4H10O/c1-9-5(8)4-2-6-7-3-4;1-3-5-4-2/h2-3H,1H3,(H,6,7);3-4H2,1-2H3. The van der Waals surface area contributed by atoms with Crippen molar-refractivity contribution in [1.29, 1.82) is 0 Å². The van der Waals surface area contributed by atoms with E-state index in [0.717, 1.165) is 13.2 Å². The number of nitrogens with one attached hydrogen (secondary N) is 1. The summed E-state index contributed by atoms with van der Waals surface area (Å²) < 4.78 is 9.23. The van der Waals surface area contributed by atoms with Crippen LogP contribution in [0.2, 0.25) is 0 Å². The van der Waals surface area contributed by atoms with E-state index in [2.05, 4.69) is 14.9 Å². The Labute approximate surface area is 83.4 Å². The average Bonchev–Trinajstić information content (AvgIpc) is 2.72. The minimum absolute atomic E-state index is 0.372. The van der Waals surface area contributed by atoms with Crippen molar-refractivity contribution in [3.05, 3.63) is 18.0 Å². The molecule has 0 radical (unpaired) electrons. The molecule has 0 unspecified atom stereocenters. The fourth-order valence-corrected chi connectivity index (χ4v) is 0.684. The summed E-state index contributed by atoms with van der Waals surface area (Å²) in [5, 5.41) is 6.06. The summed E-state index contributed by atoms with van der Waals surface area (Å²) in [6.45, 7) is 5.67. The van der Waals surface area contributed by atoms with Crippen LogP contribution in [-0.2, 0) is 9.47 Å². The normalized spacial score (nSPS) is 8.79. The van der Waals surface area contributed by atoms with Crippen LogP contribution in [-0.4, -0.2) is 36.5 Å². The van der Waals surface area contributed by atoms with Crippen molar-refractivity contribution in [2.75, 3.05) is 20.3 Å². The lowest BCUT2D eigenvalue weighted by atomic mass is 10.4. The van der Waals surface area contributed by atoms with E-state index in [0.29, 0.717) is 5.56 Å². The van der Waals surface area contributed by atoms with Crippen LogP contribution in [0.15, 0.2) is 12.4 Å². The Morgan fingerprint density at radius 1 is 1.50 bits per heavy atom. The van der Waals surface area contributed by atoms with Crippen molar-refractivity contribution >= 4 is 5.97 Å². The van der Waals surface area contributed by atoms with Gasteiger partial charge in [-0.25, -0.2) is 4.79 Å². The molecule has 1 aromatic heterocycles. The second-order valence-corrected chi connectivity index (χ2v) is 2.26. The Bertz CT molecular complexity index is 232. The first kappa shape index (κ1) is 12.6. The smallest absolute Gasteiger partial charge is 0.341 e. The van der Waals surface area contributed by atoms with Gasteiger partial charge in [0.05, 0.1) is 18.9 Å². The van der Waals surface area contributed by atoms with Gasteiger partial charge in [-0.1, -0.05) is 0 Å². The van der Waals surface area contributed by atoms with Crippen LogP contribution in [0, 0.1) is 0 Å². The van der Waals surface area contributed by atoms with Crippen molar-refractivity contribution in [3.8, 4) is 0 Å². The summed E-state index contributed by atoms with van der Waals surface area (Å²) in [6, 6.07) is 0. The number of hydrogen-bond donors (Lipinski definition) is 1. The number of methoxy groups -OCH3 is 1. The summed E-state index contributed by atoms with van der Waals surface area (Å²) in [5.74, 6) is -0.372. The van der Waals surface area contributed by atoms with Gasteiger partial charge in [0.2, 0.25) is 0 Å². The Kier molecular flexibility index (Phi) is 7.45. The quantitative estimate of drug-likeness (QED) is 0.745. The molecule has 0 amide bonds. The van der Waals surface area contributed by atoms with Gasteiger partial charge in [-0.05, 0) is 13.8 Å². The topological polar surface area (TPSA) is 64.2 Å². The maximum atomic E-state index is 10.6. The molecule has 0 aliphatic carbocycles. The first-order chi connectivity index (χ1) is 6.76. The average molecular weight is 200 g/mol. The lowest BCUT2D eigenvalue weighted by molar-refractivity contribution is 0.0601. The first-order valence-corrected chi connectivity index (χ1v) is 4.41. The second-order valence-electron chi connectivity index (χ2n) is 2.26. The molecular weight excluding hydrogens is 184 g/mol. The minimum atomic E-state index is -0.372. The van der Waals surface area contributed by atoms with Gasteiger partial charge in [-0.15, -0.1) is 0 Å². The third-order valence-corrected chi connectivity index (χ3v) is 1.33. The number of carbonyl (C=O) groups excluding carboxylic acids is 1. The molecule has 0 saturated carbocycles. The number of carbonyl (C=O) groups is 1. The SMILES string of the molecule is CCOCC.COC(=O)c1cn[nH]c1. The van der Waals surface area contributed by atoms with Gasteiger partial charge in [-0.3, -0.25) is 5.10 Å². The third kappa shape index (κ3) is 5.31. The summed E-state index contributed by atoms with van der Waals surface area (Å²) in [6.07, 6.45) is 2.89. The molecule has 5 heteroatoms. The summed E-state index contributed by atoms with van der Waals surface area (Å²) in [5.41, 5.74) is 0.442. The number of hydrogen-bond acceptors (Lipinski definition) is 4. The zero-order valence-electron chi connectivity index (χ0n) is 8.74. The third-order valence-electron chi connectivity index (χ3n) is 1.33. The molecule has 0 spiro atoms. The molecule has 5 nitrogen and oxygen atoms in total. The van der Waals surface area contributed by atoms with Gasteiger partial charge in [0, 0.05) is 19.4 Å². The van der Waals surface area contributed by atoms with Crippen LogP contribution >= 0.6 is 0 Å². The lowest BCUT2D eigenvalue weighted by Gasteiger charge is -1.89. The number of aromatic amines is 1. The Hall–Kier alpha value is -1.36. The van der Waals surface area contributed by atoms with Gasteiger partial charge in [-0.2, -0.15) is 5.10 Å². The molecule has 0 aromatic carbocycles. The Morgan fingerprint density at radius 3 is 2.43 bits per heavy atom. The van der Waals surface area contributed by atoms with Crippen molar-refractivity contribution < 1.29 is 14.3 Å². The van der Waals surface area contributed by atoms with E-state index in [1.165, 1.54) is 19.5 Å². The van der Waals surface area contributed by atoms with E-state index in [1.54, 1.807) is 0 Å². The molecule has 1 rings (SSSR count). The Balaban J connectivity index is 0.000000292. The number of ether oxygens (including phenoxy) is 2. The number of nitrogens with zero attached hydrogens (tertiary/aromatic N) is 1. The molecule has 1 aromatic rings. The highest BCUT2D eigenvalue weighted by molar-refractivity contribution is 5.88. The minimum Gasteiger partial charge on any atom is -0.465 e. The summed E-state index contributed by atoms with van der Waals surface area (Å²) in [7, 11) is 1.33. The van der Waals surface area contributed by atoms with Gasteiger partial charge in [0.15, 0.2) is 0 Å². The number of aromatic nitrogens is 2. The van der Waals surface area contributed by atoms with Crippen LogP contribution in [0.4, 0.5) is 0 Å². The molecule has 0 atom stereocenters. The van der Waals surface area contributed by atoms with Crippen molar-refractivity contribution in [1.82, 2.24) is 10.2 Å². The van der Waals surface area contributed by atoms with E-state index in [-0.39, 0.29) is 5.97 Å². The van der Waals surface area contributed by atoms with Gasteiger partial charge < -0.3 is 9.47 Å². The van der Waals surface area contributed by atoms with E-state index in [4.69, 9.17) is 4.74 Å². The molecule has 1 heterocycles. The maximum Gasteiger partial charge on any atom is 0.341 e. The van der Waals surface area contributed by atoms with Crippen molar-refractivity contribution in [2.45, 2.75) is 13.8 Å². The van der Waals surface area contributed by atoms with Crippen LogP contribution < -0.4 is 0 Å².